The summed E-state index contributed by atoms with van der Waals surface area (Å²) in [5.41, 5.74) is 4.04. The van der Waals surface area contributed by atoms with Crippen LogP contribution in [0.2, 0.25) is 0 Å². The molecule has 0 radical (unpaired) electrons. The molecule has 1 aromatic rings. The van der Waals surface area contributed by atoms with Crippen molar-refractivity contribution in [2.75, 3.05) is 6.54 Å². The van der Waals surface area contributed by atoms with E-state index in [1.54, 1.807) is 0 Å². The number of nitrogens with one attached hydrogen (secondary N) is 1. The van der Waals surface area contributed by atoms with Crippen LogP contribution in [-0.4, -0.2) is 22.4 Å². The lowest BCUT2D eigenvalue weighted by molar-refractivity contribution is 0.186. The Morgan fingerprint density at radius 3 is 2.56 bits per heavy atom. The molecule has 0 aromatic carbocycles. The minimum absolute atomic E-state index is 0.703. The fourth-order valence-corrected chi connectivity index (χ4v) is 3.03. The van der Waals surface area contributed by atoms with Crippen molar-refractivity contribution in [2.45, 2.75) is 46.1 Å². The van der Waals surface area contributed by atoms with Gasteiger partial charge in [0.1, 0.15) is 0 Å². The number of nitrogens with zero attached hydrogens (tertiary/aromatic N) is 2. The predicted octanol–water partition coefficient (Wildman–Crippen LogP) is 2.14. The molecule has 1 saturated carbocycles. The molecule has 1 aliphatic carbocycles. The van der Waals surface area contributed by atoms with Crippen molar-refractivity contribution in [1.29, 1.82) is 0 Å². The van der Waals surface area contributed by atoms with Gasteiger partial charge in [-0.15, -0.1) is 0 Å². The molecule has 1 N–H and O–H groups in total. The summed E-state index contributed by atoms with van der Waals surface area (Å²) < 4.78 is 2.01. The van der Waals surface area contributed by atoms with Gasteiger partial charge < -0.3 is 5.32 Å². The van der Waals surface area contributed by atoms with Crippen molar-refractivity contribution in [3.05, 3.63) is 17.0 Å². The van der Waals surface area contributed by atoms with Crippen molar-refractivity contribution in [3.63, 3.8) is 0 Å². The number of hydrogen-bond donors (Lipinski definition) is 1. The van der Waals surface area contributed by atoms with E-state index in [0.717, 1.165) is 12.5 Å². The number of aromatic nitrogens is 2. The summed E-state index contributed by atoms with van der Waals surface area (Å²) in [6.07, 6.45) is 1.27. The number of aryl methyl sites for hydroxylation is 2. The van der Waals surface area contributed by atoms with Crippen molar-refractivity contribution in [3.8, 4) is 0 Å². The Balaban J connectivity index is 2.16. The minimum Gasteiger partial charge on any atom is -0.314 e. The molecule has 3 atom stereocenters. The highest BCUT2D eigenvalue weighted by Crippen LogP contribution is 2.44. The molecule has 16 heavy (non-hydrogen) atoms. The van der Waals surface area contributed by atoms with E-state index < -0.39 is 0 Å². The smallest absolute Gasteiger partial charge is 0.0631 e. The van der Waals surface area contributed by atoms with Crippen LogP contribution in [0.3, 0.4) is 0 Å². The summed E-state index contributed by atoms with van der Waals surface area (Å²) in [4.78, 5) is 0. The zero-order valence-electron chi connectivity index (χ0n) is 11.0. The highest BCUT2D eigenvalue weighted by molar-refractivity contribution is 5.32. The molecule has 1 aromatic heterocycles. The van der Waals surface area contributed by atoms with E-state index in [1.807, 2.05) is 11.7 Å². The monoisotopic (exact) mass is 221 g/mol. The molecule has 2 rings (SSSR count). The quantitative estimate of drug-likeness (QED) is 0.847. The van der Waals surface area contributed by atoms with Gasteiger partial charge in [-0.25, -0.2) is 0 Å². The Bertz CT molecular complexity index is 381. The van der Waals surface area contributed by atoms with Crippen molar-refractivity contribution < 1.29 is 0 Å². The van der Waals surface area contributed by atoms with E-state index >= 15 is 0 Å². The molecule has 0 bridgehead atoms. The molecular weight excluding hydrogens is 198 g/mol. The van der Waals surface area contributed by atoms with Crippen LogP contribution in [0.1, 0.15) is 43.1 Å². The largest absolute Gasteiger partial charge is 0.314 e. The first-order chi connectivity index (χ1) is 7.56. The van der Waals surface area contributed by atoms with Gasteiger partial charge in [0, 0.05) is 18.8 Å². The minimum atomic E-state index is 0.703. The zero-order chi connectivity index (χ0) is 11.9. The van der Waals surface area contributed by atoms with Gasteiger partial charge in [0.2, 0.25) is 0 Å². The topological polar surface area (TPSA) is 29.9 Å². The first-order valence-electron chi connectivity index (χ1n) is 6.29. The fraction of sp³-hybridized carbons (Fsp3) is 0.769. The predicted molar refractivity (Wildman–Crippen MR) is 66.7 cm³/mol. The average molecular weight is 221 g/mol. The normalized spacial score (nSPS) is 29.2. The van der Waals surface area contributed by atoms with E-state index in [1.165, 1.54) is 23.4 Å². The Kier molecular flexibility index (Phi) is 3.06. The summed E-state index contributed by atoms with van der Waals surface area (Å²) in [6.45, 7) is 9.93. The van der Waals surface area contributed by atoms with Crippen LogP contribution >= 0.6 is 0 Å². The standard InChI is InChI=1S/C13H23N3/c1-6-14-12-7-11(8(12)2)13-9(3)15-16(5)10(13)4/h8,11-12,14H,6-7H2,1-5H3. The van der Waals surface area contributed by atoms with Crippen LogP contribution in [0, 0.1) is 19.8 Å². The fourth-order valence-electron chi connectivity index (χ4n) is 3.03. The molecular formula is C13H23N3. The van der Waals surface area contributed by atoms with E-state index in [9.17, 15) is 0 Å². The first kappa shape index (κ1) is 11.6. The molecule has 3 unspecified atom stereocenters. The van der Waals surface area contributed by atoms with Crippen molar-refractivity contribution in [2.24, 2.45) is 13.0 Å². The lowest BCUT2D eigenvalue weighted by Gasteiger charge is -2.43. The van der Waals surface area contributed by atoms with E-state index in [-0.39, 0.29) is 0 Å². The lowest BCUT2D eigenvalue weighted by Crippen LogP contribution is -2.48. The van der Waals surface area contributed by atoms with E-state index in [4.69, 9.17) is 0 Å². The molecule has 0 amide bonds. The summed E-state index contributed by atoms with van der Waals surface area (Å²) in [6, 6.07) is 0.703. The van der Waals surface area contributed by atoms with Crippen LogP contribution in [-0.2, 0) is 7.05 Å². The summed E-state index contributed by atoms with van der Waals surface area (Å²) in [5.74, 6) is 1.44. The molecule has 0 aliphatic heterocycles. The van der Waals surface area contributed by atoms with Crippen LogP contribution in [0.4, 0.5) is 0 Å². The SMILES string of the molecule is CCNC1CC(c2c(C)nn(C)c2C)C1C. The zero-order valence-corrected chi connectivity index (χ0v) is 11.0. The third-order valence-electron chi connectivity index (χ3n) is 4.18. The van der Waals surface area contributed by atoms with Gasteiger partial charge in [-0.05, 0) is 44.2 Å². The van der Waals surface area contributed by atoms with Gasteiger partial charge in [0.15, 0.2) is 0 Å². The Hall–Kier alpha value is -0.830. The molecule has 1 heterocycles. The van der Waals surface area contributed by atoms with Gasteiger partial charge in [-0.1, -0.05) is 13.8 Å². The van der Waals surface area contributed by atoms with Gasteiger partial charge in [0.25, 0.3) is 0 Å². The summed E-state index contributed by atoms with van der Waals surface area (Å²) in [5, 5.41) is 8.07. The molecule has 0 spiro atoms. The second kappa shape index (κ2) is 4.21. The molecule has 3 nitrogen and oxygen atoms in total. The molecule has 0 saturated heterocycles. The Morgan fingerprint density at radius 2 is 2.12 bits per heavy atom. The maximum atomic E-state index is 4.52. The Morgan fingerprint density at radius 1 is 1.44 bits per heavy atom. The van der Waals surface area contributed by atoms with Crippen LogP contribution < -0.4 is 5.32 Å². The van der Waals surface area contributed by atoms with Crippen LogP contribution in [0.5, 0.6) is 0 Å². The molecule has 1 aliphatic rings. The average Bonchev–Trinajstić information content (AvgIpc) is 2.48. The van der Waals surface area contributed by atoms with E-state index in [2.05, 4.69) is 38.1 Å². The highest BCUT2D eigenvalue weighted by Gasteiger charge is 2.40. The number of rotatable bonds is 3. The van der Waals surface area contributed by atoms with Gasteiger partial charge >= 0.3 is 0 Å². The second-order valence-electron chi connectivity index (χ2n) is 5.07. The van der Waals surface area contributed by atoms with E-state index in [0.29, 0.717) is 12.0 Å². The summed E-state index contributed by atoms with van der Waals surface area (Å²) in [7, 11) is 2.04. The molecule has 1 fully saturated rings. The van der Waals surface area contributed by atoms with Gasteiger partial charge in [-0.3, -0.25) is 4.68 Å². The molecule has 3 heteroatoms. The maximum Gasteiger partial charge on any atom is 0.0631 e. The second-order valence-corrected chi connectivity index (χ2v) is 5.07. The first-order valence-corrected chi connectivity index (χ1v) is 6.29. The third kappa shape index (κ3) is 1.67. The van der Waals surface area contributed by atoms with Gasteiger partial charge in [-0.2, -0.15) is 5.10 Å². The number of hydrogen-bond acceptors (Lipinski definition) is 2. The lowest BCUT2D eigenvalue weighted by atomic mass is 9.66. The Labute approximate surface area is 98.2 Å². The van der Waals surface area contributed by atoms with Crippen LogP contribution in [0.15, 0.2) is 0 Å². The third-order valence-corrected chi connectivity index (χ3v) is 4.18. The van der Waals surface area contributed by atoms with Crippen molar-refractivity contribution >= 4 is 0 Å². The van der Waals surface area contributed by atoms with Crippen LogP contribution in [0.25, 0.3) is 0 Å². The summed E-state index contributed by atoms with van der Waals surface area (Å²) >= 11 is 0. The molecule has 90 valence electrons. The van der Waals surface area contributed by atoms with Crippen molar-refractivity contribution in [1.82, 2.24) is 15.1 Å². The van der Waals surface area contributed by atoms with Gasteiger partial charge in [0.05, 0.1) is 5.69 Å². The maximum absolute atomic E-state index is 4.52. The highest BCUT2D eigenvalue weighted by atomic mass is 15.3.